The molecule has 72 valence electrons. The van der Waals surface area contributed by atoms with Crippen molar-refractivity contribution < 1.29 is 9.90 Å². The molecule has 0 heterocycles. The monoisotopic (exact) mass is 174 g/mol. The maximum absolute atomic E-state index is 10.5. The fourth-order valence-electron chi connectivity index (χ4n) is 0.781. The van der Waals surface area contributed by atoms with Crippen molar-refractivity contribution in [1.82, 2.24) is 5.32 Å². The first kappa shape index (κ1) is 11.2. The number of hydrogen-bond donors (Lipinski definition) is 3. The van der Waals surface area contributed by atoms with Crippen LogP contribution < -0.4 is 11.1 Å². The molecule has 0 bridgehead atoms. The number of nitrogens with one attached hydrogen (secondary N) is 1. The molecule has 0 aliphatic carbocycles. The number of nitrogens with two attached hydrogens (primary N) is 1. The van der Waals surface area contributed by atoms with E-state index in [0.717, 1.165) is 0 Å². The summed E-state index contributed by atoms with van der Waals surface area (Å²) in [7, 11) is 0. The van der Waals surface area contributed by atoms with Gasteiger partial charge in [-0.1, -0.05) is 20.8 Å². The van der Waals surface area contributed by atoms with Gasteiger partial charge in [-0.2, -0.15) is 0 Å². The van der Waals surface area contributed by atoms with Gasteiger partial charge in [0.25, 0.3) is 0 Å². The van der Waals surface area contributed by atoms with Crippen molar-refractivity contribution in [3.63, 3.8) is 0 Å². The first-order valence-electron chi connectivity index (χ1n) is 3.94. The molecular formula is C8H18N2O2. The van der Waals surface area contributed by atoms with Crippen molar-refractivity contribution in [3.05, 3.63) is 0 Å². The van der Waals surface area contributed by atoms with E-state index >= 15 is 0 Å². The average Bonchev–Trinajstić information content (AvgIpc) is 1.83. The van der Waals surface area contributed by atoms with Gasteiger partial charge in [-0.3, -0.25) is 0 Å². The van der Waals surface area contributed by atoms with Crippen molar-refractivity contribution >= 4 is 6.09 Å². The van der Waals surface area contributed by atoms with Gasteiger partial charge in [-0.05, 0) is 12.3 Å². The van der Waals surface area contributed by atoms with E-state index in [-0.39, 0.29) is 5.41 Å². The molecule has 4 N–H and O–H groups in total. The van der Waals surface area contributed by atoms with Crippen LogP contribution in [0.4, 0.5) is 4.79 Å². The number of carboxylic acid groups (broad SMARTS) is 1. The molecule has 0 rings (SSSR count). The molecule has 0 fully saturated rings. The molecule has 0 aromatic heterocycles. The Morgan fingerprint density at radius 3 is 1.92 bits per heavy atom. The van der Waals surface area contributed by atoms with Crippen LogP contribution in [0.3, 0.4) is 0 Å². The van der Waals surface area contributed by atoms with Crippen LogP contribution in [0.5, 0.6) is 0 Å². The Bertz CT molecular complexity index is 174. The fourth-order valence-corrected chi connectivity index (χ4v) is 0.781. The second kappa shape index (κ2) is 3.31. The van der Waals surface area contributed by atoms with Crippen molar-refractivity contribution in [2.75, 3.05) is 6.54 Å². The second-order valence-corrected chi connectivity index (χ2v) is 4.22. The highest BCUT2D eigenvalue weighted by atomic mass is 16.4. The summed E-state index contributed by atoms with van der Waals surface area (Å²) in [6.07, 6.45) is -1.03. The minimum absolute atomic E-state index is 0.180. The lowest BCUT2D eigenvalue weighted by Crippen LogP contribution is -2.59. The summed E-state index contributed by atoms with van der Waals surface area (Å²) in [4.78, 5) is 10.5. The Kier molecular flexibility index (Phi) is 3.10. The summed E-state index contributed by atoms with van der Waals surface area (Å²) in [6, 6.07) is 0. The lowest BCUT2D eigenvalue weighted by atomic mass is 9.75. The highest BCUT2D eigenvalue weighted by molar-refractivity contribution is 5.65. The van der Waals surface area contributed by atoms with Crippen LogP contribution >= 0.6 is 0 Å². The minimum atomic E-state index is -1.03. The topological polar surface area (TPSA) is 75.3 Å². The van der Waals surface area contributed by atoms with Gasteiger partial charge >= 0.3 is 6.09 Å². The van der Waals surface area contributed by atoms with E-state index in [1.165, 1.54) is 0 Å². The van der Waals surface area contributed by atoms with Crippen LogP contribution in [0.15, 0.2) is 0 Å². The predicted molar refractivity (Wildman–Crippen MR) is 48.1 cm³/mol. The summed E-state index contributed by atoms with van der Waals surface area (Å²) in [5.41, 5.74) is 4.76. The van der Waals surface area contributed by atoms with E-state index in [1.54, 1.807) is 6.92 Å². The van der Waals surface area contributed by atoms with Crippen molar-refractivity contribution in [2.24, 2.45) is 11.1 Å². The quantitative estimate of drug-likeness (QED) is 0.585. The zero-order valence-corrected chi connectivity index (χ0v) is 8.14. The molecule has 1 atom stereocenters. The van der Waals surface area contributed by atoms with Crippen LogP contribution in [0, 0.1) is 5.41 Å². The van der Waals surface area contributed by atoms with Crippen LogP contribution in [0.1, 0.15) is 27.7 Å². The summed E-state index contributed by atoms with van der Waals surface area (Å²) in [5, 5.41) is 11.0. The smallest absolute Gasteiger partial charge is 0.405 e. The van der Waals surface area contributed by atoms with E-state index in [1.807, 2.05) is 20.8 Å². The molecule has 0 aromatic carbocycles. The minimum Gasteiger partial charge on any atom is -0.465 e. The maximum Gasteiger partial charge on any atom is 0.405 e. The molecule has 0 saturated carbocycles. The van der Waals surface area contributed by atoms with Crippen molar-refractivity contribution in [3.8, 4) is 0 Å². The summed E-state index contributed by atoms with van der Waals surface area (Å²) < 4.78 is 0. The Balaban J connectivity index is 4.56. The molecule has 0 saturated heterocycles. The Labute approximate surface area is 73.1 Å². The molecule has 0 spiro atoms. The molecule has 1 unspecified atom stereocenters. The third-order valence-corrected chi connectivity index (χ3v) is 2.45. The molecule has 12 heavy (non-hydrogen) atoms. The van der Waals surface area contributed by atoms with E-state index in [2.05, 4.69) is 5.32 Å². The fraction of sp³-hybridized carbons (Fsp3) is 0.875. The molecule has 0 aliphatic rings. The van der Waals surface area contributed by atoms with Crippen LogP contribution in [0.2, 0.25) is 0 Å². The van der Waals surface area contributed by atoms with Gasteiger partial charge in [-0.15, -0.1) is 0 Å². The number of amides is 1. The zero-order valence-electron chi connectivity index (χ0n) is 8.14. The third kappa shape index (κ3) is 2.37. The van der Waals surface area contributed by atoms with Gasteiger partial charge < -0.3 is 16.2 Å². The molecular weight excluding hydrogens is 156 g/mol. The van der Waals surface area contributed by atoms with E-state index < -0.39 is 11.6 Å². The van der Waals surface area contributed by atoms with Gasteiger partial charge in [0.1, 0.15) is 0 Å². The van der Waals surface area contributed by atoms with Gasteiger partial charge in [0.15, 0.2) is 0 Å². The molecule has 1 amide bonds. The normalized spacial score (nSPS) is 16.8. The van der Waals surface area contributed by atoms with Crippen molar-refractivity contribution in [2.45, 2.75) is 33.2 Å². The number of hydrogen-bond acceptors (Lipinski definition) is 2. The summed E-state index contributed by atoms with van der Waals surface area (Å²) in [6.45, 7) is 7.96. The van der Waals surface area contributed by atoms with Gasteiger partial charge in [0.2, 0.25) is 0 Å². The lowest BCUT2D eigenvalue weighted by molar-refractivity contribution is 0.136. The Hall–Kier alpha value is -0.770. The molecule has 0 aromatic rings. The molecule has 0 aliphatic heterocycles. The first-order chi connectivity index (χ1) is 5.23. The van der Waals surface area contributed by atoms with Crippen molar-refractivity contribution in [1.29, 1.82) is 0 Å². The predicted octanol–water partition coefficient (Wildman–Crippen LogP) is 1.02. The standard InChI is InChI=1S/C8H18N2O2/c1-7(2,3)8(4,5-9)10-6(11)12/h10H,5,9H2,1-4H3,(H,11,12). The third-order valence-electron chi connectivity index (χ3n) is 2.45. The highest BCUT2D eigenvalue weighted by Gasteiger charge is 2.37. The summed E-state index contributed by atoms with van der Waals surface area (Å²) in [5.74, 6) is 0. The van der Waals surface area contributed by atoms with Gasteiger partial charge in [-0.25, -0.2) is 4.79 Å². The number of carbonyl (C=O) groups is 1. The SMILES string of the molecule is CC(C)(C)C(C)(CN)NC(=O)O. The van der Waals surface area contributed by atoms with E-state index in [9.17, 15) is 4.79 Å². The van der Waals surface area contributed by atoms with Crippen LogP contribution in [-0.4, -0.2) is 23.3 Å². The van der Waals surface area contributed by atoms with Crippen LogP contribution in [-0.2, 0) is 0 Å². The lowest BCUT2D eigenvalue weighted by Gasteiger charge is -2.40. The van der Waals surface area contributed by atoms with Crippen LogP contribution in [0.25, 0.3) is 0 Å². The maximum atomic E-state index is 10.5. The first-order valence-corrected chi connectivity index (χ1v) is 3.94. The molecule has 4 nitrogen and oxygen atoms in total. The van der Waals surface area contributed by atoms with Gasteiger partial charge in [0, 0.05) is 6.54 Å². The van der Waals surface area contributed by atoms with E-state index in [0.29, 0.717) is 6.54 Å². The molecule has 4 heteroatoms. The Morgan fingerprint density at radius 1 is 1.42 bits per heavy atom. The zero-order chi connectivity index (χ0) is 9.99. The number of rotatable bonds is 2. The second-order valence-electron chi connectivity index (χ2n) is 4.22. The highest BCUT2D eigenvalue weighted by Crippen LogP contribution is 2.28. The Morgan fingerprint density at radius 2 is 1.83 bits per heavy atom. The largest absolute Gasteiger partial charge is 0.465 e. The van der Waals surface area contributed by atoms with Gasteiger partial charge in [0.05, 0.1) is 5.54 Å². The molecule has 0 radical (unpaired) electrons. The average molecular weight is 174 g/mol. The van der Waals surface area contributed by atoms with E-state index in [4.69, 9.17) is 10.8 Å². The summed E-state index contributed by atoms with van der Waals surface area (Å²) >= 11 is 0.